The first-order valence-corrected chi connectivity index (χ1v) is 9.00. The van der Waals surface area contributed by atoms with Crippen molar-refractivity contribution in [1.29, 1.82) is 0 Å². The van der Waals surface area contributed by atoms with Crippen LogP contribution in [0.15, 0.2) is 35.3 Å². The molecule has 0 saturated heterocycles. The van der Waals surface area contributed by atoms with Crippen LogP contribution in [0.1, 0.15) is 53.4 Å². The van der Waals surface area contributed by atoms with Crippen molar-refractivity contribution in [1.82, 2.24) is 14.5 Å². The van der Waals surface area contributed by atoms with Crippen molar-refractivity contribution >= 4 is 22.8 Å². The molecular formula is C20H20N4O4. The van der Waals surface area contributed by atoms with E-state index in [-0.39, 0.29) is 16.8 Å². The van der Waals surface area contributed by atoms with Crippen molar-refractivity contribution in [2.24, 2.45) is 0 Å². The molecule has 3 aromatic rings. The summed E-state index contributed by atoms with van der Waals surface area (Å²) in [5.74, 6) is -0.494. The minimum absolute atomic E-state index is 0.0430. The third-order valence-corrected chi connectivity index (χ3v) is 4.94. The van der Waals surface area contributed by atoms with Gasteiger partial charge in [0.15, 0.2) is 11.2 Å². The Kier molecular flexibility index (Phi) is 4.35. The summed E-state index contributed by atoms with van der Waals surface area (Å²) in [4.78, 5) is 34.4. The molecule has 8 nitrogen and oxygen atoms in total. The molecule has 1 atom stereocenters. The summed E-state index contributed by atoms with van der Waals surface area (Å²) in [6, 6.07) is 6.80. The van der Waals surface area contributed by atoms with Crippen LogP contribution in [0.4, 0.5) is 5.69 Å². The molecule has 0 radical (unpaired) electrons. The number of nitrogen functional groups attached to an aromatic ring is 1. The van der Waals surface area contributed by atoms with Crippen LogP contribution in [-0.4, -0.2) is 32.7 Å². The van der Waals surface area contributed by atoms with Gasteiger partial charge in [-0.05, 0) is 37.5 Å². The van der Waals surface area contributed by atoms with Gasteiger partial charge in [0.2, 0.25) is 0 Å². The minimum atomic E-state index is -0.827. The fraction of sp³-hybridized carbons (Fsp3) is 0.300. The average Bonchev–Trinajstić information content (AvgIpc) is 3.53. The van der Waals surface area contributed by atoms with Crippen molar-refractivity contribution in [3.8, 4) is 5.69 Å². The number of nitrogens with zero attached hydrogens (tertiary/aromatic N) is 3. The molecule has 2 heterocycles. The van der Waals surface area contributed by atoms with E-state index in [0.717, 1.165) is 18.5 Å². The molecule has 1 unspecified atom stereocenters. The van der Waals surface area contributed by atoms with Gasteiger partial charge in [0, 0.05) is 12.1 Å². The van der Waals surface area contributed by atoms with Crippen LogP contribution in [0.5, 0.6) is 0 Å². The minimum Gasteiger partial charge on any atom is -0.465 e. The van der Waals surface area contributed by atoms with Crippen LogP contribution in [0.3, 0.4) is 0 Å². The number of benzene rings is 1. The Balaban J connectivity index is 2.04. The topological polar surface area (TPSA) is 120 Å². The average molecular weight is 380 g/mol. The number of methoxy groups -OCH3 is 1. The molecule has 1 aromatic carbocycles. The van der Waals surface area contributed by atoms with E-state index in [1.165, 1.54) is 11.7 Å². The number of ether oxygens (including phenoxy) is 1. The third kappa shape index (κ3) is 2.91. The number of anilines is 1. The van der Waals surface area contributed by atoms with Crippen LogP contribution in [0.2, 0.25) is 0 Å². The molecule has 8 heteroatoms. The van der Waals surface area contributed by atoms with Gasteiger partial charge in [0.25, 0.3) is 5.56 Å². The molecule has 1 saturated carbocycles. The maximum atomic E-state index is 13.2. The van der Waals surface area contributed by atoms with Crippen molar-refractivity contribution in [3.63, 3.8) is 0 Å². The van der Waals surface area contributed by atoms with E-state index in [2.05, 4.69) is 9.97 Å². The largest absolute Gasteiger partial charge is 0.465 e. The highest BCUT2D eigenvalue weighted by molar-refractivity contribution is 6.02. The Morgan fingerprint density at radius 3 is 2.57 bits per heavy atom. The number of pyridine rings is 1. The van der Waals surface area contributed by atoms with E-state index in [1.54, 1.807) is 37.4 Å². The molecule has 4 rings (SSSR count). The number of fused-ring (bicyclic) bond motifs is 1. The number of aromatic nitrogens is 3. The van der Waals surface area contributed by atoms with E-state index >= 15 is 0 Å². The molecule has 2 aromatic heterocycles. The lowest BCUT2D eigenvalue weighted by Gasteiger charge is -2.15. The first kappa shape index (κ1) is 18.1. The van der Waals surface area contributed by atoms with E-state index in [4.69, 9.17) is 10.5 Å². The number of aliphatic hydroxyl groups is 1. The lowest BCUT2D eigenvalue weighted by Crippen LogP contribution is -2.29. The predicted molar refractivity (Wildman–Crippen MR) is 103 cm³/mol. The maximum absolute atomic E-state index is 13.2. The number of rotatable bonds is 4. The fourth-order valence-corrected chi connectivity index (χ4v) is 3.20. The predicted octanol–water partition coefficient (Wildman–Crippen LogP) is 2.08. The van der Waals surface area contributed by atoms with Gasteiger partial charge in [-0.3, -0.25) is 9.36 Å². The molecule has 0 bridgehead atoms. The number of nitrogens with two attached hydrogens (primary N) is 1. The second kappa shape index (κ2) is 6.72. The summed E-state index contributed by atoms with van der Waals surface area (Å²) in [5, 5.41) is 9.73. The summed E-state index contributed by atoms with van der Waals surface area (Å²) in [6.07, 6.45) is 3.07. The van der Waals surface area contributed by atoms with Gasteiger partial charge in [-0.1, -0.05) is 12.1 Å². The van der Waals surface area contributed by atoms with Gasteiger partial charge in [-0.25, -0.2) is 14.8 Å². The number of hydrogen-bond donors (Lipinski definition) is 2. The molecule has 144 valence electrons. The van der Waals surface area contributed by atoms with Crippen LogP contribution < -0.4 is 11.3 Å². The van der Waals surface area contributed by atoms with Gasteiger partial charge in [0.05, 0.1) is 30.3 Å². The van der Waals surface area contributed by atoms with Gasteiger partial charge in [0.1, 0.15) is 5.52 Å². The van der Waals surface area contributed by atoms with Crippen molar-refractivity contribution < 1.29 is 14.6 Å². The first-order chi connectivity index (χ1) is 13.4. The lowest BCUT2D eigenvalue weighted by atomic mass is 10.1. The van der Waals surface area contributed by atoms with E-state index in [1.807, 2.05) is 0 Å². The standard InChI is InChI=1S/C20H20N4O4/c1-10(25)11-5-7-13(8-6-11)24-18-17(22-9-14(23-18)12-3-4-12)16(21)15(19(24)26)20(27)28-2/h5-10,12,25H,3-4,21H2,1-2H3. The maximum Gasteiger partial charge on any atom is 0.345 e. The van der Waals surface area contributed by atoms with Crippen molar-refractivity contribution in [3.05, 3.63) is 57.6 Å². The number of carbonyl (C=O) groups is 1. The second-order valence-corrected chi connectivity index (χ2v) is 6.93. The molecule has 0 amide bonds. The Bertz CT molecular complexity index is 1130. The zero-order valence-electron chi connectivity index (χ0n) is 15.5. The van der Waals surface area contributed by atoms with Crippen LogP contribution in [0.25, 0.3) is 16.9 Å². The summed E-state index contributed by atoms with van der Waals surface area (Å²) in [5.41, 5.74) is 7.72. The van der Waals surface area contributed by atoms with Crippen LogP contribution >= 0.6 is 0 Å². The molecule has 0 spiro atoms. The smallest absolute Gasteiger partial charge is 0.345 e. The summed E-state index contributed by atoms with van der Waals surface area (Å²) in [6.45, 7) is 1.66. The second-order valence-electron chi connectivity index (χ2n) is 6.93. The number of esters is 1. The Morgan fingerprint density at radius 1 is 1.32 bits per heavy atom. The highest BCUT2D eigenvalue weighted by atomic mass is 16.5. The molecule has 0 aliphatic heterocycles. The van der Waals surface area contributed by atoms with E-state index in [9.17, 15) is 14.7 Å². The van der Waals surface area contributed by atoms with Gasteiger partial charge >= 0.3 is 5.97 Å². The van der Waals surface area contributed by atoms with Crippen LogP contribution in [-0.2, 0) is 4.74 Å². The zero-order chi connectivity index (χ0) is 20.0. The summed E-state index contributed by atoms with van der Waals surface area (Å²) >= 11 is 0. The van der Waals surface area contributed by atoms with Gasteiger partial charge < -0.3 is 15.6 Å². The first-order valence-electron chi connectivity index (χ1n) is 9.00. The summed E-state index contributed by atoms with van der Waals surface area (Å²) < 4.78 is 6.07. The Morgan fingerprint density at radius 2 is 2.00 bits per heavy atom. The SMILES string of the molecule is COC(=O)c1c(N)c2ncc(C3CC3)nc2n(-c2ccc(C(C)O)cc2)c1=O. The summed E-state index contributed by atoms with van der Waals surface area (Å²) in [7, 11) is 1.19. The number of aliphatic hydroxyl groups excluding tert-OH is 1. The monoisotopic (exact) mass is 380 g/mol. The lowest BCUT2D eigenvalue weighted by molar-refractivity contribution is 0.0600. The van der Waals surface area contributed by atoms with Gasteiger partial charge in [-0.2, -0.15) is 0 Å². The van der Waals surface area contributed by atoms with E-state index < -0.39 is 17.6 Å². The highest BCUT2D eigenvalue weighted by Gasteiger charge is 2.28. The molecule has 28 heavy (non-hydrogen) atoms. The number of hydrogen-bond acceptors (Lipinski definition) is 7. The zero-order valence-corrected chi connectivity index (χ0v) is 15.5. The van der Waals surface area contributed by atoms with E-state index in [0.29, 0.717) is 22.8 Å². The number of carbonyl (C=O) groups excluding carboxylic acids is 1. The van der Waals surface area contributed by atoms with Crippen molar-refractivity contribution in [2.45, 2.75) is 31.8 Å². The molecule has 1 aliphatic rings. The fourth-order valence-electron chi connectivity index (χ4n) is 3.20. The molecule has 3 N–H and O–H groups in total. The van der Waals surface area contributed by atoms with Gasteiger partial charge in [-0.15, -0.1) is 0 Å². The third-order valence-electron chi connectivity index (χ3n) is 4.94. The Labute approximate surface area is 160 Å². The van der Waals surface area contributed by atoms with Crippen molar-refractivity contribution in [2.75, 3.05) is 12.8 Å². The highest BCUT2D eigenvalue weighted by Crippen LogP contribution is 2.39. The normalized spacial score (nSPS) is 14.8. The molecule has 1 aliphatic carbocycles. The van der Waals surface area contributed by atoms with Crippen LogP contribution in [0, 0.1) is 0 Å². The molecule has 1 fully saturated rings. The quantitative estimate of drug-likeness (QED) is 0.665. The Hall–Kier alpha value is -3.26. The molecular weight excluding hydrogens is 360 g/mol.